The fraction of sp³-hybridized carbons (Fsp3) is 0.818. The van der Waals surface area contributed by atoms with E-state index < -0.39 is 12.0 Å². The predicted octanol–water partition coefficient (Wildman–Crippen LogP) is -0.544. The zero-order valence-electron chi connectivity index (χ0n) is 9.76. The molecule has 5 N–H and O–H groups in total. The summed E-state index contributed by atoms with van der Waals surface area (Å²) < 4.78 is 0. The normalized spacial score (nSPS) is 25.5. The van der Waals surface area contributed by atoms with E-state index in [1.165, 1.54) is 0 Å². The van der Waals surface area contributed by atoms with Crippen molar-refractivity contribution < 1.29 is 19.8 Å². The quantitative estimate of drug-likeness (QED) is 0.501. The van der Waals surface area contributed by atoms with Crippen molar-refractivity contribution in [2.45, 2.75) is 44.2 Å². The highest BCUT2D eigenvalue weighted by atomic mass is 16.4. The Bertz CT molecular complexity index is 283. The summed E-state index contributed by atoms with van der Waals surface area (Å²) in [6, 6.07) is -0.766. The number of hydrogen-bond donors (Lipinski definition) is 4. The summed E-state index contributed by atoms with van der Waals surface area (Å²) in [6.45, 7) is 0.511. The smallest absolute Gasteiger partial charge is 0.303 e. The summed E-state index contributed by atoms with van der Waals surface area (Å²) in [5.41, 5.74) is 5.55. The summed E-state index contributed by atoms with van der Waals surface area (Å²) in [4.78, 5) is 21.8. The highest BCUT2D eigenvalue weighted by molar-refractivity contribution is 5.82. The topological polar surface area (TPSA) is 113 Å². The van der Waals surface area contributed by atoms with E-state index in [1.54, 1.807) is 0 Å². The summed E-state index contributed by atoms with van der Waals surface area (Å²) >= 11 is 0. The van der Waals surface area contributed by atoms with Crippen LogP contribution in [0.5, 0.6) is 0 Å². The second-order valence-electron chi connectivity index (χ2n) is 4.62. The van der Waals surface area contributed by atoms with Crippen LogP contribution in [0.15, 0.2) is 0 Å². The average molecular weight is 244 g/mol. The number of nitrogens with two attached hydrogens (primary N) is 1. The number of aliphatic hydroxyl groups is 1. The summed E-state index contributed by atoms with van der Waals surface area (Å²) in [5.74, 6) is -0.958. The molecular formula is C11H20N2O4. The first kappa shape index (κ1) is 13.9. The van der Waals surface area contributed by atoms with Gasteiger partial charge in [0.25, 0.3) is 0 Å². The van der Waals surface area contributed by atoms with Gasteiger partial charge in [-0.05, 0) is 31.6 Å². The van der Waals surface area contributed by atoms with Crippen LogP contribution in [0.2, 0.25) is 0 Å². The fourth-order valence-electron chi connectivity index (χ4n) is 2.02. The van der Waals surface area contributed by atoms with E-state index in [-0.39, 0.29) is 24.9 Å². The minimum absolute atomic E-state index is 0.100. The number of aliphatic carboxylic acids is 1. The molecule has 0 saturated heterocycles. The van der Waals surface area contributed by atoms with E-state index in [9.17, 15) is 14.7 Å². The molecule has 98 valence electrons. The van der Waals surface area contributed by atoms with Gasteiger partial charge in [0.15, 0.2) is 0 Å². The van der Waals surface area contributed by atoms with Crippen molar-refractivity contribution in [2.75, 3.05) is 6.54 Å². The Labute approximate surface area is 100 Å². The molecule has 3 unspecified atom stereocenters. The summed E-state index contributed by atoms with van der Waals surface area (Å²) in [5, 5.41) is 20.5. The first-order valence-corrected chi connectivity index (χ1v) is 5.92. The number of rotatable bonds is 6. The third-order valence-electron chi connectivity index (χ3n) is 3.08. The highest BCUT2D eigenvalue weighted by Crippen LogP contribution is 2.24. The molecule has 17 heavy (non-hydrogen) atoms. The molecular weight excluding hydrogens is 224 g/mol. The van der Waals surface area contributed by atoms with Crippen LogP contribution in [-0.4, -0.2) is 40.8 Å². The number of carboxylic acid groups (broad SMARTS) is 1. The van der Waals surface area contributed by atoms with Crippen LogP contribution in [0.4, 0.5) is 0 Å². The SMILES string of the molecule is NC(CCC(=O)O)C(=O)NCC1CCC(O)C1. The first-order valence-electron chi connectivity index (χ1n) is 5.92. The van der Waals surface area contributed by atoms with Crippen LogP contribution in [0.1, 0.15) is 32.1 Å². The molecule has 1 aliphatic carbocycles. The fourth-order valence-corrected chi connectivity index (χ4v) is 2.02. The predicted molar refractivity (Wildman–Crippen MR) is 61.2 cm³/mol. The van der Waals surface area contributed by atoms with Crippen molar-refractivity contribution in [3.05, 3.63) is 0 Å². The van der Waals surface area contributed by atoms with Crippen molar-refractivity contribution in [3.8, 4) is 0 Å². The molecule has 6 heteroatoms. The van der Waals surface area contributed by atoms with Crippen LogP contribution < -0.4 is 11.1 Å². The van der Waals surface area contributed by atoms with Crippen molar-refractivity contribution in [1.29, 1.82) is 0 Å². The van der Waals surface area contributed by atoms with E-state index in [0.29, 0.717) is 18.9 Å². The van der Waals surface area contributed by atoms with Crippen LogP contribution in [0.25, 0.3) is 0 Å². The number of aliphatic hydroxyl groups excluding tert-OH is 1. The molecule has 1 rings (SSSR count). The van der Waals surface area contributed by atoms with E-state index in [2.05, 4.69) is 5.32 Å². The Morgan fingerprint density at radius 3 is 2.65 bits per heavy atom. The Morgan fingerprint density at radius 2 is 2.12 bits per heavy atom. The minimum Gasteiger partial charge on any atom is -0.481 e. The largest absolute Gasteiger partial charge is 0.481 e. The maximum atomic E-state index is 11.5. The van der Waals surface area contributed by atoms with E-state index in [1.807, 2.05) is 0 Å². The number of carbonyl (C=O) groups is 2. The molecule has 6 nitrogen and oxygen atoms in total. The van der Waals surface area contributed by atoms with Crippen molar-refractivity contribution in [3.63, 3.8) is 0 Å². The molecule has 1 saturated carbocycles. The van der Waals surface area contributed by atoms with Crippen LogP contribution in [0, 0.1) is 5.92 Å². The molecule has 0 bridgehead atoms. The summed E-state index contributed by atoms with van der Waals surface area (Å²) in [6.07, 6.45) is 2.20. The molecule has 0 spiro atoms. The molecule has 0 heterocycles. The zero-order chi connectivity index (χ0) is 12.8. The Hall–Kier alpha value is -1.14. The van der Waals surface area contributed by atoms with Gasteiger partial charge in [-0.2, -0.15) is 0 Å². The van der Waals surface area contributed by atoms with Crippen LogP contribution in [-0.2, 0) is 9.59 Å². The summed E-state index contributed by atoms with van der Waals surface area (Å²) in [7, 11) is 0. The molecule has 0 aromatic rings. The van der Waals surface area contributed by atoms with E-state index >= 15 is 0 Å². The van der Waals surface area contributed by atoms with Crippen molar-refractivity contribution >= 4 is 11.9 Å². The maximum absolute atomic E-state index is 11.5. The lowest BCUT2D eigenvalue weighted by molar-refractivity contribution is -0.137. The molecule has 1 amide bonds. The van der Waals surface area contributed by atoms with Gasteiger partial charge >= 0.3 is 5.97 Å². The lowest BCUT2D eigenvalue weighted by Gasteiger charge is -2.14. The Balaban J connectivity index is 2.17. The van der Waals surface area contributed by atoms with Gasteiger partial charge in [-0.25, -0.2) is 0 Å². The molecule has 0 radical (unpaired) electrons. The van der Waals surface area contributed by atoms with Gasteiger partial charge in [-0.15, -0.1) is 0 Å². The molecule has 1 aliphatic rings. The highest BCUT2D eigenvalue weighted by Gasteiger charge is 2.23. The standard InChI is InChI=1S/C11H20N2O4/c12-9(3-4-10(15)16)11(17)13-6-7-1-2-8(14)5-7/h7-9,14H,1-6,12H2,(H,13,17)(H,15,16). The maximum Gasteiger partial charge on any atom is 0.303 e. The lowest BCUT2D eigenvalue weighted by atomic mass is 10.1. The van der Waals surface area contributed by atoms with Gasteiger partial charge in [0.2, 0.25) is 5.91 Å². The third kappa shape index (κ3) is 5.14. The van der Waals surface area contributed by atoms with Crippen molar-refractivity contribution in [1.82, 2.24) is 5.32 Å². The number of nitrogens with one attached hydrogen (secondary N) is 1. The van der Waals surface area contributed by atoms with Gasteiger partial charge in [0.1, 0.15) is 0 Å². The second-order valence-corrected chi connectivity index (χ2v) is 4.62. The molecule has 0 aromatic carbocycles. The van der Waals surface area contributed by atoms with Crippen molar-refractivity contribution in [2.24, 2.45) is 11.7 Å². The first-order chi connectivity index (χ1) is 7.99. The monoisotopic (exact) mass is 244 g/mol. The van der Waals surface area contributed by atoms with Gasteiger partial charge in [-0.3, -0.25) is 9.59 Å². The number of hydrogen-bond acceptors (Lipinski definition) is 4. The molecule has 0 aliphatic heterocycles. The van der Waals surface area contributed by atoms with E-state index in [4.69, 9.17) is 10.8 Å². The number of carboxylic acids is 1. The molecule has 3 atom stereocenters. The van der Waals surface area contributed by atoms with Gasteiger partial charge in [0.05, 0.1) is 12.1 Å². The van der Waals surface area contributed by atoms with Gasteiger partial charge in [-0.1, -0.05) is 0 Å². The van der Waals surface area contributed by atoms with Crippen LogP contribution in [0.3, 0.4) is 0 Å². The molecule has 0 aromatic heterocycles. The lowest BCUT2D eigenvalue weighted by Crippen LogP contribution is -2.42. The number of amides is 1. The van der Waals surface area contributed by atoms with Gasteiger partial charge < -0.3 is 21.3 Å². The molecule has 1 fully saturated rings. The Morgan fingerprint density at radius 1 is 1.41 bits per heavy atom. The number of carbonyl (C=O) groups excluding carboxylic acids is 1. The minimum atomic E-state index is -0.952. The van der Waals surface area contributed by atoms with Gasteiger partial charge in [0, 0.05) is 13.0 Å². The Kier molecular flexibility index (Phi) is 5.37. The van der Waals surface area contributed by atoms with E-state index in [0.717, 1.165) is 12.8 Å². The zero-order valence-corrected chi connectivity index (χ0v) is 9.76. The third-order valence-corrected chi connectivity index (χ3v) is 3.08. The second kappa shape index (κ2) is 6.56. The van der Waals surface area contributed by atoms with Crippen LogP contribution >= 0.6 is 0 Å². The average Bonchev–Trinajstić information content (AvgIpc) is 2.68.